The van der Waals surface area contributed by atoms with Crippen LogP contribution >= 0.6 is 11.3 Å². The van der Waals surface area contributed by atoms with Crippen LogP contribution in [0.15, 0.2) is 23.6 Å². The van der Waals surface area contributed by atoms with Crippen molar-refractivity contribution in [3.63, 3.8) is 0 Å². The monoisotopic (exact) mass is 315 g/mol. The quantitative estimate of drug-likeness (QED) is 0.905. The number of nitrogens with two attached hydrogens (primary N) is 1. The number of nitrogen functional groups attached to an aromatic ring is 1. The van der Waals surface area contributed by atoms with Gasteiger partial charge in [0.15, 0.2) is 0 Å². The molecule has 0 radical (unpaired) electrons. The highest BCUT2D eigenvalue weighted by molar-refractivity contribution is 7.09. The number of nitrogens with one attached hydrogen (secondary N) is 1. The van der Waals surface area contributed by atoms with Crippen LogP contribution in [0, 0.1) is 5.92 Å². The van der Waals surface area contributed by atoms with Gasteiger partial charge in [0.1, 0.15) is 5.82 Å². The molecule has 0 saturated carbocycles. The van der Waals surface area contributed by atoms with E-state index in [-0.39, 0.29) is 0 Å². The Balaban J connectivity index is 1.55. The second kappa shape index (κ2) is 5.85. The van der Waals surface area contributed by atoms with E-state index in [9.17, 15) is 0 Å². The Morgan fingerprint density at radius 2 is 2.32 bits per heavy atom. The van der Waals surface area contributed by atoms with E-state index in [0.717, 1.165) is 43.5 Å². The van der Waals surface area contributed by atoms with E-state index in [4.69, 9.17) is 5.73 Å². The highest BCUT2D eigenvalue weighted by Gasteiger charge is 2.34. The fourth-order valence-electron chi connectivity index (χ4n) is 3.58. The second-order valence-electron chi connectivity index (χ2n) is 6.20. The number of aromatic nitrogens is 2. The number of fused-ring (bicyclic) bond motifs is 1. The Hall–Kier alpha value is -1.66. The number of hydrogen-bond donors (Lipinski definition) is 2. The fourth-order valence-corrected chi connectivity index (χ4v) is 4.30. The Kier molecular flexibility index (Phi) is 3.72. The molecule has 0 bridgehead atoms. The Morgan fingerprint density at radius 1 is 1.36 bits per heavy atom. The van der Waals surface area contributed by atoms with Crippen molar-refractivity contribution < 1.29 is 0 Å². The lowest BCUT2D eigenvalue weighted by atomic mass is 9.94. The highest BCUT2D eigenvalue weighted by Crippen LogP contribution is 2.29. The molecule has 2 aromatic heterocycles. The van der Waals surface area contributed by atoms with Gasteiger partial charge >= 0.3 is 0 Å². The van der Waals surface area contributed by atoms with Gasteiger partial charge in [-0.25, -0.2) is 4.98 Å². The molecule has 0 aliphatic carbocycles. The molecule has 2 aliphatic heterocycles. The van der Waals surface area contributed by atoms with Crippen LogP contribution in [-0.2, 0) is 6.42 Å². The van der Waals surface area contributed by atoms with Crippen molar-refractivity contribution in [1.82, 2.24) is 15.3 Å². The first kappa shape index (κ1) is 14.0. The third-order valence-electron chi connectivity index (χ3n) is 4.64. The van der Waals surface area contributed by atoms with E-state index in [0.29, 0.717) is 12.0 Å². The van der Waals surface area contributed by atoms with Gasteiger partial charge in [-0.1, -0.05) is 6.07 Å². The molecule has 0 aromatic carbocycles. The molecule has 22 heavy (non-hydrogen) atoms. The van der Waals surface area contributed by atoms with Crippen molar-refractivity contribution in [2.45, 2.75) is 25.3 Å². The summed E-state index contributed by atoms with van der Waals surface area (Å²) in [6.45, 7) is 3.25. The molecule has 4 rings (SSSR count). The maximum absolute atomic E-state index is 5.94. The number of rotatable bonds is 3. The van der Waals surface area contributed by atoms with E-state index in [1.807, 2.05) is 0 Å². The molecule has 6 heteroatoms. The molecular formula is C16H21N5S. The lowest BCUT2D eigenvalue weighted by Gasteiger charge is -2.24. The van der Waals surface area contributed by atoms with Crippen LogP contribution in [0.25, 0.3) is 0 Å². The summed E-state index contributed by atoms with van der Waals surface area (Å²) in [5.74, 6) is 2.10. The zero-order chi connectivity index (χ0) is 14.9. The molecule has 0 spiro atoms. The summed E-state index contributed by atoms with van der Waals surface area (Å²) < 4.78 is 0. The average molecular weight is 315 g/mol. The van der Waals surface area contributed by atoms with Crippen LogP contribution in [0.4, 0.5) is 11.8 Å². The SMILES string of the molecule is Nc1nc(Cc2cccs2)cc(N2CC3CCCNC3C2)n1. The largest absolute Gasteiger partial charge is 0.368 e. The molecule has 2 saturated heterocycles. The summed E-state index contributed by atoms with van der Waals surface area (Å²) in [4.78, 5) is 12.5. The highest BCUT2D eigenvalue weighted by atomic mass is 32.1. The van der Waals surface area contributed by atoms with Crippen LogP contribution in [0.3, 0.4) is 0 Å². The Bertz CT molecular complexity index is 628. The van der Waals surface area contributed by atoms with Gasteiger partial charge in [-0.15, -0.1) is 11.3 Å². The maximum atomic E-state index is 5.94. The van der Waals surface area contributed by atoms with Crippen LogP contribution in [-0.4, -0.2) is 35.6 Å². The predicted octanol–water partition coefficient (Wildman–Crippen LogP) is 1.90. The standard InChI is InChI=1S/C16H21N5S/c17-16-19-12(7-13-4-2-6-22-13)8-15(20-16)21-9-11-3-1-5-18-14(11)10-21/h2,4,6,8,11,14,18H,1,3,5,7,9-10H2,(H2,17,19,20). The molecule has 4 heterocycles. The van der Waals surface area contributed by atoms with Crippen molar-refractivity contribution in [1.29, 1.82) is 0 Å². The number of piperidine rings is 1. The average Bonchev–Trinajstić information content (AvgIpc) is 3.15. The van der Waals surface area contributed by atoms with Crippen molar-refractivity contribution in [2.24, 2.45) is 5.92 Å². The van der Waals surface area contributed by atoms with Gasteiger partial charge in [-0.3, -0.25) is 0 Å². The Labute approximate surface area is 134 Å². The van der Waals surface area contributed by atoms with Crippen LogP contribution in [0.5, 0.6) is 0 Å². The number of nitrogens with zero attached hydrogens (tertiary/aromatic N) is 3. The van der Waals surface area contributed by atoms with Crippen molar-refractivity contribution in [2.75, 3.05) is 30.3 Å². The third kappa shape index (κ3) is 2.80. The van der Waals surface area contributed by atoms with E-state index >= 15 is 0 Å². The first-order valence-corrected chi connectivity index (χ1v) is 8.80. The molecule has 2 unspecified atom stereocenters. The molecule has 3 N–H and O–H groups in total. The smallest absolute Gasteiger partial charge is 0.222 e. The maximum Gasteiger partial charge on any atom is 0.222 e. The summed E-state index contributed by atoms with van der Waals surface area (Å²) in [6.07, 6.45) is 3.43. The van der Waals surface area contributed by atoms with Crippen LogP contribution in [0.1, 0.15) is 23.4 Å². The molecule has 116 valence electrons. The summed E-state index contributed by atoms with van der Waals surface area (Å²) in [5.41, 5.74) is 6.95. The number of anilines is 2. The zero-order valence-corrected chi connectivity index (χ0v) is 13.4. The minimum Gasteiger partial charge on any atom is -0.368 e. The lowest BCUT2D eigenvalue weighted by molar-refractivity contribution is 0.340. The van der Waals surface area contributed by atoms with Crippen molar-refractivity contribution >= 4 is 23.1 Å². The van der Waals surface area contributed by atoms with Gasteiger partial charge in [0.05, 0.1) is 5.69 Å². The molecule has 2 aliphatic rings. The lowest BCUT2D eigenvalue weighted by Crippen LogP contribution is -2.40. The zero-order valence-electron chi connectivity index (χ0n) is 12.5. The van der Waals surface area contributed by atoms with E-state index in [2.05, 4.69) is 43.8 Å². The summed E-state index contributed by atoms with van der Waals surface area (Å²) in [7, 11) is 0. The third-order valence-corrected chi connectivity index (χ3v) is 5.52. The molecule has 2 atom stereocenters. The van der Waals surface area contributed by atoms with Crippen molar-refractivity contribution in [3.05, 3.63) is 34.2 Å². The molecule has 2 fully saturated rings. The predicted molar refractivity (Wildman–Crippen MR) is 90.3 cm³/mol. The van der Waals surface area contributed by atoms with Crippen molar-refractivity contribution in [3.8, 4) is 0 Å². The number of thiophene rings is 1. The minimum atomic E-state index is 0.381. The molecule has 0 amide bonds. The van der Waals surface area contributed by atoms with Gasteiger partial charge in [-0.05, 0) is 36.8 Å². The van der Waals surface area contributed by atoms with Gasteiger partial charge in [0.25, 0.3) is 0 Å². The van der Waals surface area contributed by atoms with E-state index < -0.39 is 0 Å². The van der Waals surface area contributed by atoms with Gasteiger partial charge in [-0.2, -0.15) is 4.98 Å². The normalized spacial score (nSPS) is 24.5. The van der Waals surface area contributed by atoms with Gasteiger partial charge in [0, 0.05) is 36.5 Å². The van der Waals surface area contributed by atoms with Gasteiger partial charge < -0.3 is 16.0 Å². The minimum absolute atomic E-state index is 0.381. The van der Waals surface area contributed by atoms with E-state index in [1.165, 1.54) is 17.7 Å². The summed E-state index contributed by atoms with van der Waals surface area (Å²) in [5, 5.41) is 5.73. The van der Waals surface area contributed by atoms with Crippen LogP contribution < -0.4 is 16.0 Å². The summed E-state index contributed by atoms with van der Waals surface area (Å²) in [6, 6.07) is 6.91. The second-order valence-corrected chi connectivity index (χ2v) is 7.23. The first-order valence-electron chi connectivity index (χ1n) is 7.92. The fraction of sp³-hybridized carbons (Fsp3) is 0.500. The number of hydrogen-bond acceptors (Lipinski definition) is 6. The van der Waals surface area contributed by atoms with Gasteiger partial charge in [0.2, 0.25) is 5.95 Å². The van der Waals surface area contributed by atoms with Crippen LogP contribution in [0.2, 0.25) is 0 Å². The first-order chi connectivity index (χ1) is 10.8. The molecule has 5 nitrogen and oxygen atoms in total. The summed E-state index contributed by atoms with van der Waals surface area (Å²) >= 11 is 1.75. The molecular weight excluding hydrogens is 294 g/mol. The topological polar surface area (TPSA) is 67.1 Å². The molecule has 2 aromatic rings. The van der Waals surface area contributed by atoms with E-state index in [1.54, 1.807) is 11.3 Å². The Morgan fingerprint density at radius 3 is 3.14 bits per heavy atom.